The van der Waals surface area contributed by atoms with Crippen LogP contribution in [0.4, 0.5) is 5.69 Å². The predicted molar refractivity (Wildman–Crippen MR) is 85.4 cm³/mol. The van der Waals surface area contributed by atoms with E-state index in [-0.39, 0.29) is 6.04 Å². The van der Waals surface area contributed by atoms with Crippen LogP contribution in [0.5, 0.6) is 5.75 Å². The zero-order valence-electron chi connectivity index (χ0n) is 13.2. The van der Waals surface area contributed by atoms with E-state index in [9.17, 15) is 5.11 Å². The fourth-order valence-electron chi connectivity index (χ4n) is 3.23. The number of hydrogen-bond donors (Lipinski definition) is 2. The number of phenolic OH excluding ortho intramolecular Hbond substituents is 1. The Morgan fingerprint density at radius 3 is 2.55 bits per heavy atom. The fourth-order valence-corrected chi connectivity index (χ4v) is 3.23. The van der Waals surface area contributed by atoms with Crippen molar-refractivity contribution in [2.45, 2.75) is 46.1 Å². The Bertz CT molecular complexity index is 454. The highest BCUT2D eigenvalue weighted by molar-refractivity contribution is 5.55. The molecule has 0 saturated carbocycles. The molecule has 1 heterocycles. The van der Waals surface area contributed by atoms with Gasteiger partial charge in [-0.15, -0.1) is 0 Å². The number of nitrogens with one attached hydrogen (secondary N) is 1. The third kappa shape index (κ3) is 2.78. The number of hydrogen-bond acceptors (Lipinski definition) is 3. The van der Waals surface area contributed by atoms with E-state index in [0.29, 0.717) is 11.2 Å². The number of rotatable bonds is 5. The molecular formula is C17H28N2O. The maximum absolute atomic E-state index is 10.2. The molecule has 1 atom stereocenters. The van der Waals surface area contributed by atoms with Crippen molar-refractivity contribution in [2.75, 3.05) is 25.0 Å². The minimum atomic E-state index is 0.174. The minimum absolute atomic E-state index is 0.174. The largest absolute Gasteiger partial charge is 0.508 e. The van der Waals surface area contributed by atoms with Crippen molar-refractivity contribution in [3.8, 4) is 5.75 Å². The average Bonchev–Trinajstić information content (AvgIpc) is 2.91. The molecule has 1 fully saturated rings. The van der Waals surface area contributed by atoms with Gasteiger partial charge in [0, 0.05) is 36.4 Å². The Kier molecular flexibility index (Phi) is 4.59. The van der Waals surface area contributed by atoms with E-state index in [1.807, 2.05) is 19.2 Å². The average molecular weight is 276 g/mol. The lowest BCUT2D eigenvalue weighted by Crippen LogP contribution is -2.26. The smallest absolute Gasteiger partial charge is 0.122 e. The van der Waals surface area contributed by atoms with Crippen LogP contribution in [-0.4, -0.2) is 25.2 Å². The molecule has 20 heavy (non-hydrogen) atoms. The number of nitrogens with zero attached hydrogens (tertiary/aromatic N) is 1. The molecule has 2 rings (SSSR count). The van der Waals surface area contributed by atoms with Gasteiger partial charge < -0.3 is 15.3 Å². The van der Waals surface area contributed by atoms with Gasteiger partial charge in [0.1, 0.15) is 5.75 Å². The maximum Gasteiger partial charge on any atom is 0.122 e. The number of phenols is 1. The Labute approximate surface area is 123 Å². The molecule has 112 valence electrons. The first-order chi connectivity index (χ1) is 9.55. The Morgan fingerprint density at radius 2 is 2.05 bits per heavy atom. The monoisotopic (exact) mass is 276 g/mol. The van der Waals surface area contributed by atoms with Gasteiger partial charge in [-0.05, 0) is 44.7 Å². The zero-order valence-corrected chi connectivity index (χ0v) is 13.2. The quantitative estimate of drug-likeness (QED) is 0.861. The van der Waals surface area contributed by atoms with Crippen molar-refractivity contribution in [1.29, 1.82) is 0 Å². The van der Waals surface area contributed by atoms with Crippen LogP contribution in [0.2, 0.25) is 0 Å². The summed E-state index contributed by atoms with van der Waals surface area (Å²) >= 11 is 0. The van der Waals surface area contributed by atoms with Gasteiger partial charge in [-0.2, -0.15) is 0 Å². The summed E-state index contributed by atoms with van der Waals surface area (Å²) < 4.78 is 0. The second-order valence-corrected chi connectivity index (χ2v) is 6.13. The Morgan fingerprint density at radius 1 is 1.35 bits per heavy atom. The summed E-state index contributed by atoms with van der Waals surface area (Å²) in [6, 6.07) is 6.28. The van der Waals surface area contributed by atoms with E-state index in [4.69, 9.17) is 0 Å². The van der Waals surface area contributed by atoms with Crippen molar-refractivity contribution in [3.63, 3.8) is 0 Å². The van der Waals surface area contributed by atoms with E-state index >= 15 is 0 Å². The van der Waals surface area contributed by atoms with Gasteiger partial charge in [-0.25, -0.2) is 0 Å². The van der Waals surface area contributed by atoms with E-state index in [1.165, 1.54) is 19.3 Å². The topological polar surface area (TPSA) is 35.5 Å². The van der Waals surface area contributed by atoms with E-state index in [0.717, 1.165) is 24.3 Å². The highest BCUT2D eigenvalue weighted by Gasteiger charge is 2.35. The van der Waals surface area contributed by atoms with Gasteiger partial charge in [0.25, 0.3) is 0 Å². The molecular weight excluding hydrogens is 248 g/mol. The van der Waals surface area contributed by atoms with Crippen molar-refractivity contribution in [1.82, 2.24) is 5.32 Å². The van der Waals surface area contributed by atoms with Crippen LogP contribution in [0.1, 0.15) is 51.6 Å². The molecule has 0 aliphatic carbocycles. The van der Waals surface area contributed by atoms with Crippen LogP contribution in [0.25, 0.3) is 0 Å². The molecule has 1 aliphatic heterocycles. The normalized spacial score (nSPS) is 19.3. The molecule has 1 aliphatic rings. The van der Waals surface area contributed by atoms with Crippen molar-refractivity contribution >= 4 is 5.69 Å². The molecule has 0 spiro atoms. The summed E-state index contributed by atoms with van der Waals surface area (Å²) in [5.74, 6) is 0.398. The summed E-state index contributed by atoms with van der Waals surface area (Å²) in [6.45, 7) is 8.86. The lowest BCUT2D eigenvalue weighted by Gasteiger charge is -2.27. The summed E-state index contributed by atoms with van der Waals surface area (Å²) in [7, 11) is 1.91. The summed E-state index contributed by atoms with van der Waals surface area (Å²) in [5, 5.41) is 13.4. The maximum atomic E-state index is 10.2. The van der Waals surface area contributed by atoms with Gasteiger partial charge in [0.05, 0.1) is 0 Å². The van der Waals surface area contributed by atoms with Crippen LogP contribution in [0.15, 0.2) is 18.2 Å². The molecule has 1 aromatic rings. The minimum Gasteiger partial charge on any atom is -0.508 e. The predicted octanol–water partition coefficient (Wildman–Crippen LogP) is 3.69. The van der Waals surface area contributed by atoms with Crippen LogP contribution >= 0.6 is 0 Å². The Hall–Kier alpha value is -1.22. The first-order valence-corrected chi connectivity index (χ1v) is 7.80. The van der Waals surface area contributed by atoms with Gasteiger partial charge in [-0.3, -0.25) is 0 Å². The van der Waals surface area contributed by atoms with Crippen LogP contribution in [-0.2, 0) is 0 Å². The third-order valence-corrected chi connectivity index (χ3v) is 5.22. The van der Waals surface area contributed by atoms with Crippen molar-refractivity contribution in [3.05, 3.63) is 23.8 Å². The first-order valence-electron chi connectivity index (χ1n) is 7.80. The third-order valence-electron chi connectivity index (χ3n) is 5.22. The molecule has 0 aromatic heterocycles. The summed E-state index contributed by atoms with van der Waals surface area (Å²) in [4.78, 5) is 2.42. The molecule has 2 N–H and O–H groups in total. The molecule has 1 unspecified atom stereocenters. The van der Waals surface area contributed by atoms with E-state index in [2.05, 4.69) is 37.1 Å². The number of anilines is 1. The van der Waals surface area contributed by atoms with Gasteiger partial charge in [0.2, 0.25) is 0 Å². The van der Waals surface area contributed by atoms with Crippen molar-refractivity contribution < 1.29 is 5.11 Å². The molecule has 0 radical (unpaired) electrons. The molecule has 3 heteroatoms. The first kappa shape index (κ1) is 15.2. The fraction of sp³-hybridized carbons (Fsp3) is 0.647. The zero-order chi connectivity index (χ0) is 14.8. The highest BCUT2D eigenvalue weighted by atomic mass is 16.3. The van der Waals surface area contributed by atoms with E-state index in [1.54, 1.807) is 0 Å². The van der Waals surface area contributed by atoms with E-state index < -0.39 is 0 Å². The number of benzene rings is 1. The second-order valence-electron chi connectivity index (χ2n) is 6.13. The van der Waals surface area contributed by atoms with Gasteiger partial charge >= 0.3 is 0 Å². The summed E-state index contributed by atoms with van der Waals surface area (Å²) in [5.41, 5.74) is 2.58. The van der Waals surface area contributed by atoms with Crippen LogP contribution in [0.3, 0.4) is 0 Å². The van der Waals surface area contributed by atoms with Crippen LogP contribution in [0, 0.1) is 5.41 Å². The van der Waals surface area contributed by atoms with Gasteiger partial charge in [0.15, 0.2) is 0 Å². The lowest BCUT2D eigenvalue weighted by molar-refractivity contribution is 0.301. The lowest BCUT2D eigenvalue weighted by atomic mass is 9.82. The molecule has 1 saturated heterocycles. The van der Waals surface area contributed by atoms with Crippen molar-refractivity contribution in [2.24, 2.45) is 5.41 Å². The van der Waals surface area contributed by atoms with Gasteiger partial charge in [-0.1, -0.05) is 19.9 Å². The molecule has 0 amide bonds. The summed E-state index contributed by atoms with van der Waals surface area (Å²) in [6.07, 6.45) is 3.73. The molecule has 3 nitrogen and oxygen atoms in total. The number of aromatic hydroxyl groups is 1. The standard InChI is InChI=1S/C17H28N2O/c1-5-17(6-2)9-10-19(12-17)14-7-8-15(13(3)18-4)16(20)11-14/h7-8,11,13,18,20H,5-6,9-10,12H2,1-4H3. The molecule has 0 bridgehead atoms. The highest BCUT2D eigenvalue weighted by Crippen LogP contribution is 2.40. The molecule has 1 aromatic carbocycles. The Balaban J connectivity index is 2.17. The second kappa shape index (κ2) is 6.04. The van der Waals surface area contributed by atoms with Crippen LogP contribution < -0.4 is 10.2 Å². The SMILES string of the molecule is CCC1(CC)CCN(c2ccc(C(C)NC)c(O)c2)C1.